The lowest BCUT2D eigenvalue weighted by Gasteiger charge is -2.16. The average Bonchev–Trinajstić information content (AvgIpc) is 3.36. The van der Waals surface area contributed by atoms with E-state index < -0.39 is 11.7 Å². The van der Waals surface area contributed by atoms with Crippen molar-refractivity contribution in [3.63, 3.8) is 0 Å². The van der Waals surface area contributed by atoms with E-state index in [1.807, 2.05) is 31.2 Å². The van der Waals surface area contributed by atoms with E-state index in [4.69, 9.17) is 9.26 Å². The Morgan fingerprint density at radius 3 is 2.68 bits per heavy atom. The number of carbonyl (C=O) groups is 1. The van der Waals surface area contributed by atoms with Crippen molar-refractivity contribution in [2.75, 3.05) is 13.2 Å². The van der Waals surface area contributed by atoms with Gasteiger partial charge in [0.2, 0.25) is 5.91 Å². The van der Waals surface area contributed by atoms with Gasteiger partial charge < -0.3 is 14.2 Å². The quantitative estimate of drug-likeness (QED) is 0.567. The molecule has 162 valence electrons. The summed E-state index contributed by atoms with van der Waals surface area (Å²) in [5.74, 6) is 0.984. The number of hydrogen-bond acceptors (Lipinski definition) is 5. The number of halogens is 3. The normalized spacial score (nSPS) is 16.7. The Morgan fingerprint density at radius 2 is 1.97 bits per heavy atom. The third kappa shape index (κ3) is 4.70. The van der Waals surface area contributed by atoms with Crippen LogP contribution in [0.15, 0.2) is 53.1 Å². The fourth-order valence-electron chi connectivity index (χ4n) is 3.54. The third-order valence-electron chi connectivity index (χ3n) is 5.06. The molecule has 1 saturated heterocycles. The lowest BCUT2D eigenvalue weighted by atomic mass is 10.1. The second-order valence-electron chi connectivity index (χ2n) is 7.29. The van der Waals surface area contributed by atoms with E-state index in [9.17, 15) is 18.0 Å². The summed E-state index contributed by atoms with van der Waals surface area (Å²) in [5, 5.41) is 3.95. The van der Waals surface area contributed by atoms with Crippen molar-refractivity contribution in [1.82, 2.24) is 15.0 Å². The maximum atomic E-state index is 12.7. The fourth-order valence-corrected chi connectivity index (χ4v) is 3.54. The molecule has 0 aliphatic carbocycles. The van der Waals surface area contributed by atoms with Gasteiger partial charge in [-0.05, 0) is 48.9 Å². The molecule has 2 heterocycles. The number of rotatable bonds is 6. The lowest BCUT2D eigenvalue weighted by Crippen LogP contribution is -2.24. The maximum absolute atomic E-state index is 12.7. The molecule has 0 spiro atoms. The van der Waals surface area contributed by atoms with Crippen LogP contribution in [-0.4, -0.2) is 34.1 Å². The van der Waals surface area contributed by atoms with Crippen LogP contribution in [0.1, 0.15) is 36.2 Å². The van der Waals surface area contributed by atoms with Gasteiger partial charge >= 0.3 is 6.18 Å². The number of nitrogens with zero attached hydrogens (tertiary/aromatic N) is 3. The van der Waals surface area contributed by atoms with E-state index in [1.54, 1.807) is 4.90 Å². The summed E-state index contributed by atoms with van der Waals surface area (Å²) in [5.41, 5.74) is 0.598. The Morgan fingerprint density at radius 1 is 1.19 bits per heavy atom. The molecule has 1 aliphatic heterocycles. The second kappa shape index (κ2) is 8.41. The molecule has 1 atom stereocenters. The predicted molar refractivity (Wildman–Crippen MR) is 105 cm³/mol. The van der Waals surface area contributed by atoms with Crippen LogP contribution >= 0.6 is 0 Å². The van der Waals surface area contributed by atoms with Crippen LogP contribution in [0.4, 0.5) is 13.2 Å². The van der Waals surface area contributed by atoms with Crippen molar-refractivity contribution < 1.29 is 27.2 Å². The highest BCUT2D eigenvalue weighted by atomic mass is 19.4. The molecule has 31 heavy (non-hydrogen) atoms. The summed E-state index contributed by atoms with van der Waals surface area (Å²) in [7, 11) is 0. The molecule has 1 fully saturated rings. The van der Waals surface area contributed by atoms with Crippen LogP contribution < -0.4 is 4.74 Å². The fraction of sp³-hybridized carbons (Fsp3) is 0.318. The molecular weight excluding hydrogens is 411 g/mol. The van der Waals surface area contributed by atoms with Gasteiger partial charge in [0, 0.05) is 31.0 Å². The number of amides is 1. The average molecular weight is 431 g/mol. The largest absolute Gasteiger partial charge is 0.494 e. The van der Waals surface area contributed by atoms with Gasteiger partial charge in [-0.3, -0.25) is 4.79 Å². The van der Waals surface area contributed by atoms with Gasteiger partial charge in [0.05, 0.1) is 12.2 Å². The SMILES string of the molecule is CCOc1cccc(CN2CC(c3noc(-c4ccc(C(F)(F)F)cc4)n3)CC2=O)c1. The Balaban J connectivity index is 1.44. The van der Waals surface area contributed by atoms with Crippen molar-refractivity contribution in [3.8, 4) is 17.2 Å². The molecule has 0 bridgehead atoms. The minimum absolute atomic E-state index is 0.0207. The number of hydrogen-bond donors (Lipinski definition) is 0. The van der Waals surface area contributed by atoms with Crippen molar-refractivity contribution in [2.45, 2.75) is 32.0 Å². The zero-order chi connectivity index (χ0) is 22.0. The summed E-state index contributed by atoms with van der Waals surface area (Å²) in [6.45, 7) is 3.35. The molecule has 1 aliphatic rings. The van der Waals surface area contributed by atoms with E-state index in [0.717, 1.165) is 23.4 Å². The van der Waals surface area contributed by atoms with Gasteiger partial charge in [-0.1, -0.05) is 17.3 Å². The molecule has 1 amide bonds. The zero-order valence-corrected chi connectivity index (χ0v) is 16.7. The first kappa shape index (κ1) is 20.9. The molecule has 1 unspecified atom stereocenters. The highest BCUT2D eigenvalue weighted by Gasteiger charge is 2.34. The van der Waals surface area contributed by atoms with Crippen LogP contribution in [0, 0.1) is 0 Å². The van der Waals surface area contributed by atoms with E-state index in [0.29, 0.717) is 31.1 Å². The molecule has 0 N–H and O–H groups in total. The topological polar surface area (TPSA) is 68.5 Å². The standard InChI is InChI=1S/C22H20F3N3O3/c1-2-30-18-5-3-4-14(10-18)12-28-13-16(11-19(28)29)20-26-21(31-27-20)15-6-8-17(9-7-15)22(23,24)25/h3-10,16H,2,11-13H2,1H3. The van der Waals surface area contributed by atoms with Crippen LogP contribution in [-0.2, 0) is 17.5 Å². The second-order valence-corrected chi connectivity index (χ2v) is 7.29. The molecule has 0 saturated carbocycles. The molecule has 3 aromatic rings. The minimum atomic E-state index is -4.41. The first-order valence-electron chi connectivity index (χ1n) is 9.84. The van der Waals surface area contributed by atoms with E-state index >= 15 is 0 Å². The molecule has 4 rings (SSSR count). The first-order chi connectivity index (χ1) is 14.8. The number of ether oxygens (including phenoxy) is 1. The number of likely N-dealkylation sites (tertiary alicyclic amines) is 1. The summed E-state index contributed by atoms with van der Waals surface area (Å²) < 4.78 is 48.9. The smallest absolute Gasteiger partial charge is 0.416 e. The van der Waals surface area contributed by atoms with Gasteiger partial charge in [-0.25, -0.2) is 0 Å². The van der Waals surface area contributed by atoms with Gasteiger partial charge in [0.15, 0.2) is 5.82 Å². The molecule has 2 aromatic carbocycles. The number of alkyl halides is 3. The van der Waals surface area contributed by atoms with Crippen molar-refractivity contribution in [3.05, 3.63) is 65.5 Å². The minimum Gasteiger partial charge on any atom is -0.494 e. The van der Waals surface area contributed by atoms with Crippen LogP contribution in [0.2, 0.25) is 0 Å². The van der Waals surface area contributed by atoms with E-state index in [1.165, 1.54) is 12.1 Å². The molecule has 6 nitrogen and oxygen atoms in total. The molecule has 9 heteroatoms. The monoisotopic (exact) mass is 431 g/mol. The lowest BCUT2D eigenvalue weighted by molar-refractivity contribution is -0.137. The number of benzene rings is 2. The van der Waals surface area contributed by atoms with E-state index in [2.05, 4.69) is 10.1 Å². The van der Waals surface area contributed by atoms with Gasteiger partial charge in [-0.15, -0.1) is 0 Å². The Labute approximate surface area is 176 Å². The predicted octanol–water partition coefficient (Wildman–Crippen LogP) is 4.67. The molecule has 1 aromatic heterocycles. The van der Waals surface area contributed by atoms with Crippen LogP contribution in [0.5, 0.6) is 5.75 Å². The van der Waals surface area contributed by atoms with Crippen molar-refractivity contribution in [2.24, 2.45) is 0 Å². The summed E-state index contributed by atoms with van der Waals surface area (Å²) in [6, 6.07) is 12.1. The zero-order valence-electron chi connectivity index (χ0n) is 16.7. The van der Waals surface area contributed by atoms with Gasteiger partial charge in [0.25, 0.3) is 5.89 Å². The highest BCUT2D eigenvalue weighted by molar-refractivity contribution is 5.79. The molecule has 0 radical (unpaired) electrons. The maximum Gasteiger partial charge on any atom is 0.416 e. The van der Waals surface area contributed by atoms with Gasteiger partial charge in [-0.2, -0.15) is 18.2 Å². The Kier molecular flexibility index (Phi) is 5.67. The highest BCUT2D eigenvalue weighted by Crippen LogP contribution is 2.32. The van der Waals surface area contributed by atoms with Crippen LogP contribution in [0.3, 0.4) is 0 Å². The Bertz CT molecular complexity index is 1060. The summed E-state index contributed by atoms with van der Waals surface area (Å²) in [6.07, 6.45) is -4.16. The third-order valence-corrected chi connectivity index (χ3v) is 5.06. The summed E-state index contributed by atoms with van der Waals surface area (Å²) in [4.78, 5) is 18.5. The Hall–Kier alpha value is -3.36. The summed E-state index contributed by atoms with van der Waals surface area (Å²) >= 11 is 0. The number of carbonyl (C=O) groups excluding carboxylic acids is 1. The van der Waals surface area contributed by atoms with Crippen molar-refractivity contribution in [1.29, 1.82) is 0 Å². The first-order valence-corrected chi connectivity index (χ1v) is 9.84. The van der Waals surface area contributed by atoms with E-state index in [-0.39, 0.29) is 24.1 Å². The van der Waals surface area contributed by atoms with Gasteiger partial charge in [0.1, 0.15) is 5.75 Å². The number of aromatic nitrogens is 2. The van der Waals surface area contributed by atoms with Crippen LogP contribution in [0.25, 0.3) is 11.5 Å². The van der Waals surface area contributed by atoms with Crippen molar-refractivity contribution >= 4 is 5.91 Å². The molecular formula is C22H20F3N3O3.